The van der Waals surface area contributed by atoms with E-state index in [-0.39, 0.29) is 11.7 Å². The predicted molar refractivity (Wildman–Crippen MR) is 80.1 cm³/mol. The molecule has 0 aromatic carbocycles. The molecule has 5 heteroatoms. The molecule has 2 rings (SSSR count). The monoisotopic (exact) mass is 299 g/mol. The summed E-state index contributed by atoms with van der Waals surface area (Å²) in [5.41, 5.74) is -0.733. The lowest BCUT2D eigenvalue weighted by molar-refractivity contribution is -0.140. The summed E-state index contributed by atoms with van der Waals surface area (Å²) in [7, 11) is 0. The van der Waals surface area contributed by atoms with Gasteiger partial charge in [0.2, 0.25) is 0 Å². The Labute approximate surface area is 127 Å². The first-order valence-corrected chi connectivity index (χ1v) is 8.03. The third kappa shape index (κ3) is 5.15. The highest BCUT2D eigenvalue weighted by atomic mass is 16.7. The molecule has 21 heavy (non-hydrogen) atoms. The molecule has 122 valence electrons. The van der Waals surface area contributed by atoms with E-state index in [2.05, 4.69) is 6.92 Å². The van der Waals surface area contributed by atoms with Gasteiger partial charge in [0.05, 0.1) is 18.8 Å². The quantitative estimate of drug-likeness (QED) is 0.558. The third-order valence-electron chi connectivity index (χ3n) is 4.11. The number of carbonyl (C=O) groups excluding carboxylic acids is 1. The SMILES string of the molecule is CCC1(OCOCC2CC2)CCN(C(=O)OC(C)(C)C)C1. The smallest absolute Gasteiger partial charge is 0.410 e. The van der Waals surface area contributed by atoms with E-state index in [4.69, 9.17) is 14.2 Å². The van der Waals surface area contributed by atoms with E-state index in [0.717, 1.165) is 25.4 Å². The number of hydrogen-bond acceptors (Lipinski definition) is 4. The van der Waals surface area contributed by atoms with Crippen LogP contribution < -0.4 is 0 Å². The van der Waals surface area contributed by atoms with E-state index in [1.165, 1.54) is 12.8 Å². The van der Waals surface area contributed by atoms with Crippen molar-refractivity contribution in [1.29, 1.82) is 0 Å². The number of nitrogens with zero attached hydrogens (tertiary/aromatic N) is 1. The van der Waals surface area contributed by atoms with Crippen LogP contribution in [0.3, 0.4) is 0 Å². The van der Waals surface area contributed by atoms with Gasteiger partial charge in [0.25, 0.3) is 0 Å². The van der Waals surface area contributed by atoms with Crippen molar-refractivity contribution in [2.75, 3.05) is 26.5 Å². The summed E-state index contributed by atoms with van der Waals surface area (Å²) in [6.45, 7) is 10.2. The molecular weight excluding hydrogens is 270 g/mol. The molecule has 1 heterocycles. The van der Waals surface area contributed by atoms with E-state index in [9.17, 15) is 4.79 Å². The predicted octanol–water partition coefficient (Wildman–Crippen LogP) is 3.18. The van der Waals surface area contributed by atoms with Crippen molar-refractivity contribution in [3.63, 3.8) is 0 Å². The van der Waals surface area contributed by atoms with Gasteiger partial charge in [0, 0.05) is 6.54 Å². The fourth-order valence-corrected chi connectivity index (χ4v) is 2.50. The Bertz CT molecular complexity index is 362. The van der Waals surface area contributed by atoms with Gasteiger partial charge in [0.15, 0.2) is 0 Å². The minimum atomic E-state index is -0.456. The highest BCUT2D eigenvalue weighted by molar-refractivity contribution is 5.68. The van der Waals surface area contributed by atoms with Crippen molar-refractivity contribution in [2.45, 2.75) is 64.6 Å². The van der Waals surface area contributed by atoms with E-state index in [0.29, 0.717) is 19.9 Å². The molecule has 2 fully saturated rings. The molecule has 5 nitrogen and oxygen atoms in total. The summed E-state index contributed by atoms with van der Waals surface area (Å²) in [4.78, 5) is 13.9. The van der Waals surface area contributed by atoms with Crippen LogP contribution in [0.1, 0.15) is 53.4 Å². The van der Waals surface area contributed by atoms with Crippen molar-refractivity contribution < 1.29 is 19.0 Å². The molecule has 0 radical (unpaired) electrons. The maximum absolute atomic E-state index is 12.1. The van der Waals surface area contributed by atoms with Crippen molar-refractivity contribution in [3.8, 4) is 0 Å². The highest BCUT2D eigenvalue weighted by Gasteiger charge is 2.41. The van der Waals surface area contributed by atoms with Gasteiger partial charge in [0.1, 0.15) is 12.4 Å². The first-order chi connectivity index (χ1) is 9.84. The maximum Gasteiger partial charge on any atom is 0.410 e. The summed E-state index contributed by atoms with van der Waals surface area (Å²) in [6, 6.07) is 0. The average Bonchev–Trinajstić information content (AvgIpc) is 3.11. The van der Waals surface area contributed by atoms with E-state index >= 15 is 0 Å². The topological polar surface area (TPSA) is 48.0 Å². The van der Waals surface area contributed by atoms with Gasteiger partial charge in [-0.2, -0.15) is 0 Å². The van der Waals surface area contributed by atoms with Gasteiger partial charge in [-0.1, -0.05) is 6.92 Å². The highest BCUT2D eigenvalue weighted by Crippen LogP contribution is 2.31. The Morgan fingerprint density at radius 2 is 2.05 bits per heavy atom. The van der Waals surface area contributed by atoms with Crippen LogP contribution >= 0.6 is 0 Å². The van der Waals surface area contributed by atoms with E-state index in [1.807, 2.05) is 20.8 Å². The average molecular weight is 299 g/mol. The van der Waals surface area contributed by atoms with Crippen molar-refractivity contribution in [1.82, 2.24) is 4.90 Å². The molecule has 1 aliphatic carbocycles. The normalized spacial score (nSPS) is 26.2. The van der Waals surface area contributed by atoms with Crippen molar-refractivity contribution in [2.24, 2.45) is 5.92 Å². The van der Waals surface area contributed by atoms with Gasteiger partial charge >= 0.3 is 6.09 Å². The standard InChI is InChI=1S/C16H29NO4/c1-5-16(20-12-19-10-13-6-7-13)8-9-17(11-16)14(18)21-15(2,3)4/h13H,5-12H2,1-4H3. The largest absolute Gasteiger partial charge is 0.444 e. The third-order valence-corrected chi connectivity index (χ3v) is 4.11. The summed E-state index contributed by atoms with van der Waals surface area (Å²) in [6.07, 6.45) is 4.03. The van der Waals surface area contributed by atoms with Gasteiger partial charge in [-0.05, 0) is 52.4 Å². The van der Waals surface area contributed by atoms with Gasteiger partial charge < -0.3 is 19.1 Å². The maximum atomic E-state index is 12.1. The molecule has 0 aromatic rings. The first-order valence-electron chi connectivity index (χ1n) is 8.03. The molecule has 0 bridgehead atoms. The fraction of sp³-hybridized carbons (Fsp3) is 0.938. The Hall–Kier alpha value is -0.810. The zero-order valence-electron chi connectivity index (χ0n) is 13.8. The summed E-state index contributed by atoms with van der Waals surface area (Å²) in [5.74, 6) is 0.744. The molecule has 0 N–H and O–H groups in total. The van der Waals surface area contributed by atoms with Crippen LogP contribution in [0.2, 0.25) is 0 Å². The molecule has 1 unspecified atom stereocenters. The lowest BCUT2D eigenvalue weighted by Crippen LogP contribution is -2.40. The van der Waals surface area contributed by atoms with Crippen LogP contribution in [0, 0.1) is 5.92 Å². The van der Waals surface area contributed by atoms with Gasteiger partial charge in [-0.25, -0.2) is 4.79 Å². The first kappa shape index (κ1) is 16.6. The van der Waals surface area contributed by atoms with Crippen LogP contribution in [0.25, 0.3) is 0 Å². The minimum absolute atomic E-state index is 0.250. The van der Waals surface area contributed by atoms with Crippen LogP contribution in [0.15, 0.2) is 0 Å². The molecule has 1 saturated heterocycles. The number of hydrogen-bond donors (Lipinski definition) is 0. The molecular formula is C16H29NO4. The molecule has 1 amide bonds. The summed E-state index contributed by atoms with van der Waals surface area (Å²) < 4.78 is 16.9. The van der Waals surface area contributed by atoms with Crippen molar-refractivity contribution >= 4 is 6.09 Å². The zero-order valence-corrected chi connectivity index (χ0v) is 13.8. The Morgan fingerprint density at radius 1 is 1.33 bits per heavy atom. The lowest BCUT2D eigenvalue weighted by atomic mass is 10.00. The molecule has 1 atom stereocenters. The lowest BCUT2D eigenvalue weighted by Gasteiger charge is -2.29. The summed E-state index contributed by atoms with van der Waals surface area (Å²) >= 11 is 0. The number of carbonyl (C=O) groups is 1. The van der Waals surface area contributed by atoms with Crippen LogP contribution in [0.4, 0.5) is 4.79 Å². The number of rotatable bonds is 6. The fourth-order valence-electron chi connectivity index (χ4n) is 2.50. The van der Waals surface area contributed by atoms with Crippen molar-refractivity contribution in [3.05, 3.63) is 0 Å². The second-order valence-corrected chi connectivity index (χ2v) is 7.26. The second kappa shape index (κ2) is 6.53. The molecule has 0 aromatic heterocycles. The Balaban J connectivity index is 1.77. The summed E-state index contributed by atoms with van der Waals surface area (Å²) in [5, 5.41) is 0. The van der Waals surface area contributed by atoms with Crippen LogP contribution in [-0.2, 0) is 14.2 Å². The van der Waals surface area contributed by atoms with E-state index in [1.54, 1.807) is 4.90 Å². The second-order valence-electron chi connectivity index (χ2n) is 7.26. The molecule has 1 saturated carbocycles. The minimum Gasteiger partial charge on any atom is -0.444 e. The number of amides is 1. The van der Waals surface area contributed by atoms with Gasteiger partial charge in [-0.15, -0.1) is 0 Å². The van der Waals surface area contributed by atoms with Crippen LogP contribution in [0.5, 0.6) is 0 Å². The zero-order chi connectivity index (χ0) is 15.5. The van der Waals surface area contributed by atoms with Gasteiger partial charge in [-0.3, -0.25) is 0 Å². The van der Waals surface area contributed by atoms with Crippen LogP contribution in [-0.4, -0.2) is 48.7 Å². The number of ether oxygens (including phenoxy) is 3. The molecule has 1 aliphatic heterocycles. The molecule has 0 spiro atoms. The number of likely N-dealkylation sites (tertiary alicyclic amines) is 1. The van der Waals surface area contributed by atoms with E-state index < -0.39 is 5.60 Å². The molecule has 2 aliphatic rings. The Morgan fingerprint density at radius 3 is 2.62 bits per heavy atom. The Kier molecular flexibility index (Phi) is 5.15.